The Balaban J connectivity index is 2.04. The van der Waals surface area contributed by atoms with Gasteiger partial charge in [-0.25, -0.2) is 0 Å². The second kappa shape index (κ2) is 8.44. The lowest BCUT2D eigenvalue weighted by atomic mass is 10.2. The number of methoxy groups -OCH3 is 1. The summed E-state index contributed by atoms with van der Waals surface area (Å²) in [6.07, 6.45) is 0. The Morgan fingerprint density at radius 3 is 2.50 bits per heavy atom. The molecule has 0 heterocycles. The molecular formula is C16H14Cl3NO4. The minimum Gasteiger partial charge on any atom is -0.493 e. The molecule has 24 heavy (non-hydrogen) atoms. The molecule has 0 aliphatic carbocycles. The summed E-state index contributed by atoms with van der Waals surface area (Å²) in [5.41, 5.74) is 1.07. The lowest BCUT2D eigenvalue weighted by Crippen LogP contribution is -2.20. The van der Waals surface area contributed by atoms with Gasteiger partial charge in [-0.05, 0) is 35.9 Å². The van der Waals surface area contributed by atoms with Gasteiger partial charge in [0.1, 0.15) is 0 Å². The number of carbonyl (C=O) groups excluding carboxylic acids is 1. The summed E-state index contributed by atoms with van der Waals surface area (Å²) in [6, 6.07) is 7.85. The number of nitrogens with one attached hydrogen (secondary N) is 1. The molecule has 128 valence electrons. The van der Waals surface area contributed by atoms with Crippen LogP contribution >= 0.6 is 34.8 Å². The predicted molar refractivity (Wildman–Crippen MR) is 94.5 cm³/mol. The Hall–Kier alpha value is -1.66. The maximum atomic E-state index is 12.0. The molecule has 2 aromatic carbocycles. The van der Waals surface area contributed by atoms with Gasteiger partial charge in [0.25, 0.3) is 5.91 Å². The molecule has 0 spiro atoms. The molecular weight excluding hydrogens is 377 g/mol. The first-order chi connectivity index (χ1) is 11.4. The normalized spacial score (nSPS) is 10.4. The SMILES string of the molecule is COc1cc(CO)cc(Cl)c1OCC(=O)Nc1ccc(Cl)c(Cl)c1. The Kier molecular flexibility index (Phi) is 6.57. The van der Waals surface area contributed by atoms with E-state index in [9.17, 15) is 4.79 Å². The van der Waals surface area contributed by atoms with Crippen molar-refractivity contribution in [2.45, 2.75) is 6.61 Å². The largest absolute Gasteiger partial charge is 0.493 e. The first-order valence-corrected chi connectivity index (χ1v) is 7.93. The molecule has 5 nitrogen and oxygen atoms in total. The van der Waals surface area contributed by atoms with Crippen molar-refractivity contribution in [3.63, 3.8) is 0 Å². The third kappa shape index (κ3) is 4.68. The summed E-state index contributed by atoms with van der Waals surface area (Å²) in [7, 11) is 1.44. The van der Waals surface area contributed by atoms with E-state index in [0.29, 0.717) is 27.0 Å². The van der Waals surface area contributed by atoms with Crippen LogP contribution in [0.3, 0.4) is 0 Å². The number of halogens is 3. The van der Waals surface area contributed by atoms with Gasteiger partial charge >= 0.3 is 0 Å². The molecule has 0 atom stereocenters. The highest BCUT2D eigenvalue weighted by Gasteiger charge is 2.14. The van der Waals surface area contributed by atoms with E-state index in [4.69, 9.17) is 49.4 Å². The fraction of sp³-hybridized carbons (Fsp3) is 0.188. The summed E-state index contributed by atoms with van der Waals surface area (Å²) < 4.78 is 10.6. The van der Waals surface area contributed by atoms with Crippen LogP contribution in [0.5, 0.6) is 11.5 Å². The zero-order chi connectivity index (χ0) is 17.7. The summed E-state index contributed by atoms with van der Waals surface area (Å²) in [4.78, 5) is 12.0. The van der Waals surface area contributed by atoms with E-state index in [1.807, 2.05) is 0 Å². The quantitative estimate of drug-likeness (QED) is 0.777. The van der Waals surface area contributed by atoms with Crippen LogP contribution in [0.1, 0.15) is 5.56 Å². The number of ether oxygens (including phenoxy) is 2. The molecule has 0 aliphatic rings. The van der Waals surface area contributed by atoms with E-state index in [2.05, 4.69) is 5.32 Å². The minimum atomic E-state index is -0.405. The van der Waals surface area contributed by atoms with Crippen LogP contribution < -0.4 is 14.8 Å². The molecule has 0 aliphatic heterocycles. The van der Waals surface area contributed by atoms with E-state index >= 15 is 0 Å². The van der Waals surface area contributed by atoms with Crippen molar-refractivity contribution in [3.8, 4) is 11.5 Å². The van der Waals surface area contributed by atoms with Gasteiger partial charge in [-0.2, -0.15) is 0 Å². The average molecular weight is 391 g/mol. The van der Waals surface area contributed by atoms with Gasteiger partial charge in [0.15, 0.2) is 18.1 Å². The molecule has 0 bridgehead atoms. The number of aliphatic hydroxyl groups is 1. The van der Waals surface area contributed by atoms with Gasteiger partial charge in [0.2, 0.25) is 0 Å². The van der Waals surface area contributed by atoms with Crippen LogP contribution in [0.4, 0.5) is 5.69 Å². The van der Waals surface area contributed by atoms with E-state index in [1.165, 1.54) is 19.2 Å². The molecule has 0 aromatic heterocycles. The molecule has 2 aromatic rings. The molecule has 2 rings (SSSR count). The maximum Gasteiger partial charge on any atom is 0.262 e. The van der Waals surface area contributed by atoms with Crippen LogP contribution in [0.15, 0.2) is 30.3 Å². The fourth-order valence-electron chi connectivity index (χ4n) is 1.91. The lowest BCUT2D eigenvalue weighted by molar-refractivity contribution is -0.118. The van der Waals surface area contributed by atoms with Crippen LogP contribution in [-0.2, 0) is 11.4 Å². The van der Waals surface area contributed by atoms with Gasteiger partial charge in [-0.3, -0.25) is 4.79 Å². The number of aliphatic hydroxyl groups excluding tert-OH is 1. The molecule has 2 N–H and O–H groups in total. The molecule has 1 amide bonds. The second-order valence-corrected chi connectivity index (χ2v) is 5.95. The summed E-state index contributed by atoms with van der Waals surface area (Å²) in [6.45, 7) is -0.469. The predicted octanol–water partition coefficient (Wildman–Crippen LogP) is 4.17. The standard InChI is InChI=1S/C16H14Cl3NO4/c1-23-14-5-9(7-21)4-13(19)16(14)24-8-15(22)20-10-2-3-11(17)12(18)6-10/h2-6,21H,7-8H2,1H3,(H,20,22). The van der Waals surface area contributed by atoms with Gasteiger partial charge in [-0.1, -0.05) is 34.8 Å². The highest BCUT2D eigenvalue weighted by Crippen LogP contribution is 2.36. The Morgan fingerprint density at radius 2 is 1.88 bits per heavy atom. The Morgan fingerprint density at radius 1 is 1.12 bits per heavy atom. The molecule has 0 saturated carbocycles. The highest BCUT2D eigenvalue weighted by atomic mass is 35.5. The Labute approximate surface area is 154 Å². The third-order valence-electron chi connectivity index (χ3n) is 3.02. The lowest BCUT2D eigenvalue weighted by Gasteiger charge is -2.13. The van der Waals surface area contributed by atoms with Crippen LogP contribution in [0, 0.1) is 0 Å². The number of amides is 1. The first-order valence-electron chi connectivity index (χ1n) is 6.79. The van der Waals surface area contributed by atoms with Crippen molar-refractivity contribution in [2.75, 3.05) is 19.0 Å². The zero-order valence-electron chi connectivity index (χ0n) is 12.6. The summed E-state index contributed by atoms with van der Waals surface area (Å²) >= 11 is 17.8. The fourth-order valence-corrected chi connectivity index (χ4v) is 2.50. The smallest absolute Gasteiger partial charge is 0.262 e. The van der Waals surface area contributed by atoms with Crippen LogP contribution in [0.2, 0.25) is 15.1 Å². The molecule has 0 unspecified atom stereocenters. The number of hydrogen-bond donors (Lipinski definition) is 2. The van der Waals surface area contributed by atoms with Gasteiger partial charge in [0, 0.05) is 5.69 Å². The molecule has 0 fully saturated rings. The van der Waals surface area contributed by atoms with Gasteiger partial charge in [-0.15, -0.1) is 0 Å². The first kappa shape index (κ1) is 18.7. The van der Waals surface area contributed by atoms with E-state index in [1.54, 1.807) is 18.2 Å². The molecule has 8 heteroatoms. The maximum absolute atomic E-state index is 12.0. The summed E-state index contributed by atoms with van der Waals surface area (Å²) in [5.74, 6) is 0.146. The topological polar surface area (TPSA) is 67.8 Å². The van der Waals surface area contributed by atoms with Crippen molar-refractivity contribution < 1.29 is 19.4 Å². The molecule has 0 radical (unpaired) electrons. The average Bonchev–Trinajstić information content (AvgIpc) is 2.56. The number of carbonyl (C=O) groups is 1. The summed E-state index contributed by atoms with van der Waals surface area (Å²) in [5, 5.41) is 12.8. The number of rotatable bonds is 6. The monoisotopic (exact) mass is 389 g/mol. The van der Waals surface area contributed by atoms with Crippen molar-refractivity contribution in [1.82, 2.24) is 0 Å². The second-order valence-electron chi connectivity index (χ2n) is 4.73. The number of hydrogen-bond acceptors (Lipinski definition) is 4. The number of anilines is 1. The van der Waals surface area contributed by atoms with E-state index < -0.39 is 5.91 Å². The van der Waals surface area contributed by atoms with Gasteiger partial charge < -0.3 is 19.9 Å². The van der Waals surface area contributed by atoms with Crippen molar-refractivity contribution >= 4 is 46.4 Å². The zero-order valence-corrected chi connectivity index (χ0v) is 14.9. The van der Waals surface area contributed by atoms with Gasteiger partial charge in [0.05, 0.1) is 28.8 Å². The van der Waals surface area contributed by atoms with E-state index in [0.717, 1.165) is 0 Å². The minimum absolute atomic E-state index is 0.186. The van der Waals surface area contributed by atoms with Crippen molar-refractivity contribution in [2.24, 2.45) is 0 Å². The highest BCUT2D eigenvalue weighted by molar-refractivity contribution is 6.42. The van der Waals surface area contributed by atoms with Crippen LogP contribution in [-0.4, -0.2) is 24.7 Å². The Bertz CT molecular complexity index is 752. The number of benzene rings is 2. The van der Waals surface area contributed by atoms with E-state index in [-0.39, 0.29) is 24.0 Å². The van der Waals surface area contributed by atoms with Crippen LogP contribution in [0.25, 0.3) is 0 Å². The van der Waals surface area contributed by atoms with Crippen molar-refractivity contribution in [1.29, 1.82) is 0 Å². The molecule has 0 saturated heterocycles. The third-order valence-corrected chi connectivity index (χ3v) is 4.04. The van der Waals surface area contributed by atoms with Crippen molar-refractivity contribution in [3.05, 3.63) is 51.0 Å².